The molecule has 1 rings (SSSR count). The van der Waals surface area contributed by atoms with Crippen molar-refractivity contribution in [2.45, 2.75) is 59.3 Å². The molecule has 0 radical (unpaired) electrons. The minimum atomic E-state index is 1.06. The summed E-state index contributed by atoms with van der Waals surface area (Å²) in [5, 5.41) is 0. The fourth-order valence-corrected chi connectivity index (χ4v) is 2.98. The molecule has 0 aliphatic heterocycles. The molecule has 0 aromatic carbocycles. The highest BCUT2D eigenvalue weighted by Crippen LogP contribution is 2.41. The van der Waals surface area contributed by atoms with E-state index in [1.807, 2.05) is 0 Å². The topological polar surface area (TPSA) is 0 Å². The summed E-state index contributed by atoms with van der Waals surface area (Å²) in [6.07, 6.45) is 8.76. The summed E-state index contributed by atoms with van der Waals surface area (Å²) in [5.41, 5.74) is 0. The summed E-state index contributed by atoms with van der Waals surface area (Å²) in [6, 6.07) is 0. The van der Waals surface area contributed by atoms with Crippen molar-refractivity contribution in [3.05, 3.63) is 0 Å². The minimum absolute atomic E-state index is 1.06. The molecule has 0 spiro atoms. The minimum Gasteiger partial charge on any atom is -0.0654 e. The highest BCUT2D eigenvalue weighted by atomic mass is 14.4. The van der Waals surface area contributed by atoms with E-state index < -0.39 is 0 Å². The molecule has 0 heterocycles. The van der Waals surface area contributed by atoms with Crippen LogP contribution in [0.3, 0.4) is 0 Å². The summed E-state index contributed by atoms with van der Waals surface area (Å²) in [4.78, 5) is 0. The van der Waals surface area contributed by atoms with E-state index in [1.165, 1.54) is 38.5 Å². The molecule has 0 bridgehead atoms. The molecule has 0 aromatic heterocycles. The van der Waals surface area contributed by atoms with E-state index in [-0.39, 0.29) is 0 Å². The van der Waals surface area contributed by atoms with Crippen LogP contribution in [-0.4, -0.2) is 0 Å². The predicted octanol–water partition coefficient (Wildman–Crippen LogP) is 4.25. The van der Waals surface area contributed by atoms with Crippen LogP contribution in [0.5, 0.6) is 0 Å². The maximum Gasteiger partial charge on any atom is -0.0386 e. The van der Waals surface area contributed by atoms with E-state index in [1.54, 1.807) is 0 Å². The van der Waals surface area contributed by atoms with Crippen molar-refractivity contribution >= 4 is 0 Å². The van der Waals surface area contributed by atoms with Gasteiger partial charge in [-0.1, -0.05) is 46.5 Å². The van der Waals surface area contributed by atoms with Gasteiger partial charge in [-0.2, -0.15) is 0 Å². The third-order valence-corrected chi connectivity index (χ3v) is 3.68. The van der Waals surface area contributed by atoms with E-state index in [0.29, 0.717) is 0 Å². The van der Waals surface area contributed by atoms with Gasteiger partial charge in [-0.3, -0.25) is 0 Å². The highest BCUT2D eigenvalue weighted by Gasteiger charge is 2.30. The lowest BCUT2D eigenvalue weighted by Gasteiger charge is -2.14. The fourth-order valence-electron chi connectivity index (χ4n) is 2.98. The SMILES string of the molecule is CCCC1CC(CC)C(CC)C1. The zero-order valence-electron chi connectivity index (χ0n) is 8.97. The van der Waals surface area contributed by atoms with Crippen LogP contribution >= 0.6 is 0 Å². The third-order valence-electron chi connectivity index (χ3n) is 3.68. The van der Waals surface area contributed by atoms with Crippen molar-refractivity contribution < 1.29 is 0 Å². The van der Waals surface area contributed by atoms with Crippen LogP contribution in [0.25, 0.3) is 0 Å². The molecule has 12 heavy (non-hydrogen) atoms. The van der Waals surface area contributed by atoms with Crippen molar-refractivity contribution in [3.63, 3.8) is 0 Å². The summed E-state index contributed by atoms with van der Waals surface area (Å²) in [5.74, 6) is 3.20. The van der Waals surface area contributed by atoms with E-state index >= 15 is 0 Å². The Morgan fingerprint density at radius 3 is 1.75 bits per heavy atom. The Morgan fingerprint density at radius 1 is 0.917 bits per heavy atom. The van der Waals surface area contributed by atoms with E-state index in [9.17, 15) is 0 Å². The second kappa shape index (κ2) is 4.89. The second-order valence-electron chi connectivity index (χ2n) is 4.46. The third kappa shape index (κ3) is 2.24. The normalized spacial score (nSPS) is 35.8. The lowest BCUT2D eigenvalue weighted by molar-refractivity contribution is 0.367. The van der Waals surface area contributed by atoms with Gasteiger partial charge in [-0.25, -0.2) is 0 Å². The number of hydrogen-bond acceptors (Lipinski definition) is 0. The Kier molecular flexibility index (Phi) is 4.11. The largest absolute Gasteiger partial charge is 0.0654 e. The summed E-state index contributed by atoms with van der Waals surface area (Å²) < 4.78 is 0. The first kappa shape index (κ1) is 10.1. The molecular formula is C12H24. The summed E-state index contributed by atoms with van der Waals surface area (Å²) >= 11 is 0. The molecule has 2 atom stereocenters. The maximum absolute atomic E-state index is 2.36. The average molecular weight is 168 g/mol. The van der Waals surface area contributed by atoms with Crippen molar-refractivity contribution in [1.82, 2.24) is 0 Å². The molecule has 0 amide bonds. The van der Waals surface area contributed by atoms with Crippen molar-refractivity contribution in [3.8, 4) is 0 Å². The number of hydrogen-bond donors (Lipinski definition) is 0. The van der Waals surface area contributed by atoms with Gasteiger partial charge in [0, 0.05) is 0 Å². The van der Waals surface area contributed by atoms with Gasteiger partial charge in [-0.05, 0) is 30.6 Å². The Bertz CT molecular complexity index is 105. The molecule has 1 fully saturated rings. The maximum atomic E-state index is 2.36. The highest BCUT2D eigenvalue weighted by molar-refractivity contribution is 4.81. The molecule has 0 saturated heterocycles. The Hall–Kier alpha value is 0. The van der Waals surface area contributed by atoms with Gasteiger partial charge in [0.15, 0.2) is 0 Å². The van der Waals surface area contributed by atoms with Crippen molar-refractivity contribution in [2.75, 3.05) is 0 Å². The number of rotatable bonds is 4. The van der Waals surface area contributed by atoms with E-state index in [0.717, 1.165) is 17.8 Å². The van der Waals surface area contributed by atoms with Crippen LogP contribution < -0.4 is 0 Å². The first-order chi connectivity index (χ1) is 5.81. The quantitative estimate of drug-likeness (QED) is 0.588. The van der Waals surface area contributed by atoms with Gasteiger partial charge in [0.2, 0.25) is 0 Å². The van der Waals surface area contributed by atoms with Crippen LogP contribution in [0, 0.1) is 17.8 Å². The first-order valence-electron chi connectivity index (χ1n) is 5.81. The van der Waals surface area contributed by atoms with Crippen LogP contribution in [0.2, 0.25) is 0 Å². The average Bonchev–Trinajstić information content (AvgIpc) is 2.48. The molecule has 1 saturated carbocycles. The Morgan fingerprint density at radius 2 is 1.42 bits per heavy atom. The van der Waals surface area contributed by atoms with Crippen LogP contribution in [-0.2, 0) is 0 Å². The van der Waals surface area contributed by atoms with Crippen LogP contribution in [0.1, 0.15) is 59.3 Å². The monoisotopic (exact) mass is 168 g/mol. The van der Waals surface area contributed by atoms with Crippen molar-refractivity contribution in [1.29, 1.82) is 0 Å². The molecule has 1 aliphatic rings. The standard InChI is InChI=1S/C12H24/c1-4-7-10-8-11(5-2)12(6-3)9-10/h10-12H,4-9H2,1-3H3. The zero-order valence-corrected chi connectivity index (χ0v) is 8.97. The fraction of sp³-hybridized carbons (Fsp3) is 1.00. The van der Waals surface area contributed by atoms with Gasteiger partial charge < -0.3 is 0 Å². The molecule has 1 aliphatic carbocycles. The first-order valence-corrected chi connectivity index (χ1v) is 5.81. The Labute approximate surface area is 77.7 Å². The molecule has 0 N–H and O–H groups in total. The molecular weight excluding hydrogens is 144 g/mol. The lowest BCUT2D eigenvalue weighted by Crippen LogP contribution is -2.04. The predicted molar refractivity (Wildman–Crippen MR) is 55.2 cm³/mol. The molecule has 72 valence electrons. The molecule has 0 nitrogen and oxygen atoms in total. The Balaban J connectivity index is 2.36. The molecule has 0 heteroatoms. The summed E-state index contributed by atoms with van der Waals surface area (Å²) in [7, 11) is 0. The smallest absolute Gasteiger partial charge is 0.0386 e. The molecule has 0 aromatic rings. The van der Waals surface area contributed by atoms with Gasteiger partial charge in [0.05, 0.1) is 0 Å². The van der Waals surface area contributed by atoms with Crippen LogP contribution in [0.15, 0.2) is 0 Å². The van der Waals surface area contributed by atoms with E-state index in [4.69, 9.17) is 0 Å². The second-order valence-corrected chi connectivity index (χ2v) is 4.46. The molecule has 2 unspecified atom stereocenters. The van der Waals surface area contributed by atoms with Gasteiger partial charge in [0.1, 0.15) is 0 Å². The van der Waals surface area contributed by atoms with Gasteiger partial charge >= 0.3 is 0 Å². The van der Waals surface area contributed by atoms with E-state index in [2.05, 4.69) is 20.8 Å². The van der Waals surface area contributed by atoms with Crippen molar-refractivity contribution in [2.24, 2.45) is 17.8 Å². The van der Waals surface area contributed by atoms with Gasteiger partial charge in [-0.15, -0.1) is 0 Å². The van der Waals surface area contributed by atoms with Gasteiger partial charge in [0.25, 0.3) is 0 Å². The zero-order chi connectivity index (χ0) is 8.97. The van der Waals surface area contributed by atoms with Crippen LogP contribution in [0.4, 0.5) is 0 Å². The summed E-state index contributed by atoms with van der Waals surface area (Å²) in [6.45, 7) is 7.05. The lowest BCUT2D eigenvalue weighted by atomic mass is 9.92.